The smallest absolute Gasteiger partial charge is 0.124 e. The zero-order valence-electron chi connectivity index (χ0n) is 13.9. The Balaban J connectivity index is 2.00. The van der Waals surface area contributed by atoms with Gasteiger partial charge in [0.2, 0.25) is 0 Å². The van der Waals surface area contributed by atoms with Crippen LogP contribution >= 0.6 is 0 Å². The van der Waals surface area contributed by atoms with Crippen molar-refractivity contribution in [2.75, 3.05) is 6.61 Å². The van der Waals surface area contributed by atoms with Gasteiger partial charge in [-0.1, -0.05) is 55.8 Å². The summed E-state index contributed by atoms with van der Waals surface area (Å²) in [5.74, 6) is 1.00. The second-order valence-electron chi connectivity index (χ2n) is 5.77. The molecule has 1 unspecified atom stereocenters. The Bertz CT molecular complexity index is 579. The molecule has 0 saturated carbocycles. The zero-order chi connectivity index (χ0) is 15.8. The van der Waals surface area contributed by atoms with Gasteiger partial charge in [-0.05, 0) is 37.5 Å². The molecule has 2 aromatic rings. The van der Waals surface area contributed by atoms with Crippen molar-refractivity contribution in [3.8, 4) is 5.75 Å². The van der Waals surface area contributed by atoms with Crippen LogP contribution in [0.2, 0.25) is 0 Å². The predicted molar refractivity (Wildman–Crippen MR) is 93.3 cm³/mol. The van der Waals surface area contributed by atoms with Crippen LogP contribution in [0.3, 0.4) is 0 Å². The van der Waals surface area contributed by atoms with Crippen LogP contribution in [0.15, 0.2) is 48.5 Å². The summed E-state index contributed by atoms with van der Waals surface area (Å²) in [5, 5.41) is 3.61. The molecule has 2 nitrogen and oxygen atoms in total. The van der Waals surface area contributed by atoms with Gasteiger partial charge in [0.05, 0.1) is 6.61 Å². The van der Waals surface area contributed by atoms with E-state index in [1.807, 2.05) is 6.07 Å². The van der Waals surface area contributed by atoms with Crippen LogP contribution in [0.25, 0.3) is 0 Å². The lowest BCUT2D eigenvalue weighted by Crippen LogP contribution is -2.19. The van der Waals surface area contributed by atoms with E-state index < -0.39 is 0 Å². The number of benzene rings is 2. The summed E-state index contributed by atoms with van der Waals surface area (Å²) in [7, 11) is 0. The number of nitrogens with one attached hydrogen (secondary N) is 1. The SMILES string of the molecule is CCCCOc1ccccc1C(C)NCc1ccccc1C. The van der Waals surface area contributed by atoms with Gasteiger partial charge in [-0.25, -0.2) is 0 Å². The summed E-state index contributed by atoms with van der Waals surface area (Å²) in [5.41, 5.74) is 3.90. The second-order valence-corrected chi connectivity index (χ2v) is 5.77. The molecule has 2 heteroatoms. The monoisotopic (exact) mass is 297 g/mol. The largest absolute Gasteiger partial charge is 0.493 e. The third kappa shape index (κ3) is 4.60. The number of ether oxygens (including phenoxy) is 1. The van der Waals surface area contributed by atoms with E-state index in [9.17, 15) is 0 Å². The van der Waals surface area contributed by atoms with E-state index in [2.05, 4.69) is 68.6 Å². The maximum absolute atomic E-state index is 5.93. The zero-order valence-corrected chi connectivity index (χ0v) is 13.9. The quantitative estimate of drug-likeness (QED) is 0.690. The van der Waals surface area contributed by atoms with Crippen molar-refractivity contribution in [2.24, 2.45) is 0 Å². The number of para-hydroxylation sites is 1. The van der Waals surface area contributed by atoms with Crippen LogP contribution in [0.1, 0.15) is 49.4 Å². The fourth-order valence-corrected chi connectivity index (χ4v) is 2.48. The van der Waals surface area contributed by atoms with E-state index in [-0.39, 0.29) is 6.04 Å². The lowest BCUT2D eigenvalue weighted by molar-refractivity contribution is 0.303. The van der Waals surface area contributed by atoms with Crippen LogP contribution < -0.4 is 10.1 Å². The summed E-state index contributed by atoms with van der Waals surface area (Å²) < 4.78 is 5.93. The van der Waals surface area contributed by atoms with E-state index in [4.69, 9.17) is 4.74 Å². The fraction of sp³-hybridized carbons (Fsp3) is 0.400. The molecule has 22 heavy (non-hydrogen) atoms. The first-order valence-corrected chi connectivity index (χ1v) is 8.22. The minimum atomic E-state index is 0.262. The number of aryl methyl sites for hydroxylation is 1. The molecule has 0 amide bonds. The van der Waals surface area contributed by atoms with E-state index in [1.54, 1.807) is 0 Å². The number of unbranched alkanes of at least 4 members (excludes halogenated alkanes) is 1. The highest BCUT2D eigenvalue weighted by molar-refractivity contribution is 5.36. The summed E-state index contributed by atoms with van der Waals surface area (Å²) in [6, 6.07) is 17.1. The van der Waals surface area contributed by atoms with E-state index in [0.717, 1.165) is 31.7 Å². The first-order valence-electron chi connectivity index (χ1n) is 8.22. The Morgan fingerprint density at radius 3 is 2.55 bits per heavy atom. The molecule has 2 rings (SSSR count). The third-order valence-corrected chi connectivity index (χ3v) is 4.00. The minimum Gasteiger partial charge on any atom is -0.493 e. The molecule has 0 aliphatic carbocycles. The molecule has 118 valence electrons. The van der Waals surface area contributed by atoms with Crippen molar-refractivity contribution in [3.63, 3.8) is 0 Å². The molecular formula is C20H27NO. The second kappa shape index (κ2) is 8.60. The normalized spacial score (nSPS) is 12.1. The molecule has 0 aliphatic rings. The molecule has 0 saturated heterocycles. The average Bonchev–Trinajstić information content (AvgIpc) is 2.54. The maximum Gasteiger partial charge on any atom is 0.124 e. The predicted octanol–water partition coefficient (Wildman–Crippen LogP) is 5.02. The van der Waals surface area contributed by atoms with Crippen molar-refractivity contribution in [3.05, 3.63) is 65.2 Å². The highest BCUT2D eigenvalue weighted by Gasteiger charge is 2.11. The van der Waals surface area contributed by atoms with Gasteiger partial charge in [-0.3, -0.25) is 0 Å². The first kappa shape index (κ1) is 16.6. The van der Waals surface area contributed by atoms with Crippen molar-refractivity contribution < 1.29 is 4.74 Å². The Labute approximate surface area is 134 Å². The minimum absolute atomic E-state index is 0.262. The molecule has 0 radical (unpaired) electrons. The van der Waals surface area contributed by atoms with Crippen LogP contribution in [0.5, 0.6) is 5.75 Å². The Hall–Kier alpha value is -1.80. The number of hydrogen-bond donors (Lipinski definition) is 1. The highest BCUT2D eigenvalue weighted by Crippen LogP contribution is 2.25. The van der Waals surface area contributed by atoms with Gasteiger partial charge < -0.3 is 10.1 Å². The molecular weight excluding hydrogens is 270 g/mol. The molecule has 1 N–H and O–H groups in total. The topological polar surface area (TPSA) is 21.3 Å². The Morgan fingerprint density at radius 2 is 1.77 bits per heavy atom. The summed E-state index contributed by atoms with van der Waals surface area (Å²) in [4.78, 5) is 0. The maximum atomic E-state index is 5.93. The standard InChI is InChI=1S/C20H27NO/c1-4-5-14-22-20-13-9-8-12-19(20)17(3)21-15-18-11-7-6-10-16(18)2/h6-13,17,21H,4-5,14-15H2,1-3H3. The molecule has 0 aromatic heterocycles. The van der Waals surface area contributed by atoms with Gasteiger partial charge in [-0.2, -0.15) is 0 Å². The van der Waals surface area contributed by atoms with E-state index >= 15 is 0 Å². The number of rotatable bonds is 8. The molecule has 2 aromatic carbocycles. The lowest BCUT2D eigenvalue weighted by atomic mass is 10.1. The van der Waals surface area contributed by atoms with Crippen molar-refractivity contribution in [1.29, 1.82) is 0 Å². The van der Waals surface area contributed by atoms with Crippen molar-refractivity contribution >= 4 is 0 Å². The fourth-order valence-electron chi connectivity index (χ4n) is 2.48. The summed E-state index contributed by atoms with van der Waals surface area (Å²) in [6.45, 7) is 8.20. The van der Waals surface area contributed by atoms with Crippen LogP contribution in [0.4, 0.5) is 0 Å². The molecule has 0 heterocycles. The molecule has 0 bridgehead atoms. The third-order valence-electron chi connectivity index (χ3n) is 4.00. The van der Waals surface area contributed by atoms with Gasteiger partial charge in [0, 0.05) is 18.2 Å². The lowest BCUT2D eigenvalue weighted by Gasteiger charge is -2.19. The van der Waals surface area contributed by atoms with Crippen LogP contribution in [-0.2, 0) is 6.54 Å². The van der Waals surface area contributed by atoms with Gasteiger partial charge in [0.25, 0.3) is 0 Å². The molecule has 1 atom stereocenters. The van der Waals surface area contributed by atoms with Crippen LogP contribution in [0, 0.1) is 6.92 Å². The summed E-state index contributed by atoms with van der Waals surface area (Å²) >= 11 is 0. The van der Waals surface area contributed by atoms with E-state index in [0.29, 0.717) is 0 Å². The van der Waals surface area contributed by atoms with Gasteiger partial charge in [0.1, 0.15) is 5.75 Å². The van der Waals surface area contributed by atoms with E-state index in [1.165, 1.54) is 16.7 Å². The average molecular weight is 297 g/mol. The first-order chi connectivity index (χ1) is 10.7. The number of hydrogen-bond acceptors (Lipinski definition) is 2. The van der Waals surface area contributed by atoms with Gasteiger partial charge in [0.15, 0.2) is 0 Å². The van der Waals surface area contributed by atoms with Crippen LogP contribution in [-0.4, -0.2) is 6.61 Å². The molecule has 0 aliphatic heterocycles. The Morgan fingerprint density at radius 1 is 1.05 bits per heavy atom. The van der Waals surface area contributed by atoms with Gasteiger partial charge >= 0.3 is 0 Å². The Kier molecular flexibility index (Phi) is 6.47. The van der Waals surface area contributed by atoms with Crippen molar-refractivity contribution in [2.45, 2.75) is 46.2 Å². The summed E-state index contributed by atoms with van der Waals surface area (Å²) in [6.07, 6.45) is 2.25. The van der Waals surface area contributed by atoms with Crippen molar-refractivity contribution in [1.82, 2.24) is 5.32 Å². The van der Waals surface area contributed by atoms with Gasteiger partial charge in [-0.15, -0.1) is 0 Å². The molecule has 0 fully saturated rings. The molecule has 0 spiro atoms. The highest BCUT2D eigenvalue weighted by atomic mass is 16.5.